The van der Waals surface area contributed by atoms with Crippen molar-refractivity contribution in [3.8, 4) is 0 Å². The van der Waals surface area contributed by atoms with Gasteiger partial charge in [0, 0.05) is 23.6 Å². The zero-order valence-corrected chi connectivity index (χ0v) is 8.92. The first kappa shape index (κ1) is 8.93. The number of nitrogens with zero attached hydrogens (tertiary/aromatic N) is 2. The molecule has 13 heavy (non-hydrogen) atoms. The Morgan fingerprint density at radius 3 is 3.08 bits per heavy atom. The zero-order chi connectivity index (χ0) is 9.10. The van der Waals surface area contributed by atoms with Crippen molar-refractivity contribution in [1.82, 2.24) is 9.36 Å². The van der Waals surface area contributed by atoms with E-state index in [1.807, 2.05) is 11.4 Å². The minimum absolute atomic E-state index is 0.706. The van der Waals surface area contributed by atoms with Gasteiger partial charge in [-0.05, 0) is 11.4 Å². The highest BCUT2D eigenvalue weighted by Gasteiger charge is 2.01. The molecule has 0 aliphatic carbocycles. The summed E-state index contributed by atoms with van der Waals surface area (Å²) in [6.45, 7) is 0.706. The number of halogens is 1. The molecule has 1 N–H and O–H groups in total. The van der Waals surface area contributed by atoms with Gasteiger partial charge >= 0.3 is 0 Å². The zero-order valence-electron chi connectivity index (χ0n) is 6.53. The number of thiophene rings is 1. The average molecular weight is 232 g/mol. The molecule has 0 spiro atoms. The predicted molar refractivity (Wildman–Crippen MR) is 56.6 cm³/mol. The van der Waals surface area contributed by atoms with Crippen molar-refractivity contribution in [3.05, 3.63) is 27.7 Å². The molecule has 68 valence electrons. The van der Waals surface area contributed by atoms with Crippen LogP contribution in [0.2, 0.25) is 4.34 Å². The number of nitrogens with one attached hydrogen (secondary N) is 1. The Hall–Kier alpha value is -0.650. The Balaban J connectivity index is 1.97. The third kappa shape index (κ3) is 2.18. The van der Waals surface area contributed by atoms with Crippen molar-refractivity contribution in [2.75, 3.05) is 5.32 Å². The normalized spacial score (nSPS) is 10.2. The smallest absolute Gasteiger partial charge is 0.202 e. The highest BCUT2D eigenvalue weighted by atomic mass is 35.5. The summed E-state index contributed by atoms with van der Waals surface area (Å²) in [5.41, 5.74) is 1.10. The number of rotatable bonds is 3. The predicted octanol–water partition coefficient (Wildman–Crippen LogP) is 2.87. The molecule has 2 aromatic rings. The van der Waals surface area contributed by atoms with E-state index in [0.29, 0.717) is 6.54 Å². The Labute approximate surface area is 88.6 Å². The molecule has 0 amide bonds. The molecule has 0 aliphatic heterocycles. The first-order chi connectivity index (χ1) is 6.36. The van der Waals surface area contributed by atoms with E-state index in [1.165, 1.54) is 29.2 Å². The van der Waals surface area contributed by atoms with Crippen LogP contribution in [0.1, 0.15) is 5.56 Å². The third-order valence-electron chi connectivity index (χ3n) is 1.48. The lowest BCUT2D eigenvalue weighted by Crippen LogP contribution is -1.97. The molecule has 0 bridgehead atoms. The lowest BCUT2D eigenvalue weighted by atomic mass is 10.3. The van der Waals surface area contributed by atoms with Crippen LogP contribution in [-0.2, 0) is 6.54 Å². The highest BCUT2D eigenvalue weighted by molar-refractivity contribution is 7.14. The van der Waals surface area contributed by atoms with Crippen LogP contribution in [0.5, 0.6) is 0 Å². The molecular formula is C7H6ClN3S2. The second kappa shape index (κ2) is 4.04. The van der Waals surface area contributed by atoms with E-state index in [2.05, 4.69) is 14.7 Å². The Morgan fingerprint density at radius 1 is 1.54 bits per heavy atom. The molecule has 0 unspecified atom stereocenters. The van der Waals surface area contributed by atoms with Crippen LogP contribution >= 0.6 is 34.5 Å². The summed E-state index contributed by atoms with van der Waals surface area (Å²) >= 11 is 8.80. The molecule has 2 heterocycles. The van der Waals surface area contributed by atoms with Crippen molar-refractivity contribution in [2.24, 2.45) is 0 Å². The molecule has 0 aliphatic rings. The van der Waals surface area contributed by atoms with E-state index in [0.717, 1.165) is 15.0 Å². The van der Waals surface area contributed by atoms with E-state index in [-0.39, 0.29) is 0 Å². The molecule has 2 rings (SSSR count). The summed E-state index contributed by atoms with van der Waals surface area (Å²) < 4.78 is 4.71. The van der Waals surface area contributed by atoms with Gasteiger partial charge in [-0.2, -0.15) is 4.37 Å². The van der Waals surface area contributed by atoms with Crippen molar-refractivity contribution < 1.29 is 0 Å². The second-order valence-corrected chi connectivity index (χ2v) is 4.62. The molecule has 0 atom stereocenters. The standard InChI is InChI=1S/C7H6ClN3S2/c8-6-5(1-2-12-6)3-9-7-10-4-11-13-7/h1-2,4H,3H2,(H,9,10,11). The SMILES string of the molecule is Clc1sccc1CNc1ncns1. The molecule has 3 nitrogen and oxygen atoms in total. The van der Waals surface area contributed by atoms with Gasteiger partial charge in [0.1, 0.15) is 6.33 Å². The number of hydrogen-bond acceptors (Lipinski definition) is 5. The molecule has 0 fully saturated rings. The van der Waals surface area contributed by atoms with Gasteiger partial charge in [0.05, 0.1) is 4.34 Å². The first-order valence-electron chi connectivity index (χ1n) is 3.58. The Bertz CT molecular complexity index is 371. The van der Waals surface area contributed by atoms with Crippen LogP contribution < -0.4 is 5.32 Å². The molecule has 0 radical (unpaired) electrons. The molecule has 2 aromatic heterocycles. The Morgan fingerprint density at radius 2 is 2.46 bits per heavy atom. The number of aromatic nitrogens is 2. The van der Waals surface area contributed by atoms with Gasteiger partial charge in [0.2, 0.25) is 5.13 Å². The van der Waals surface area contributed by atoms with Gasteiger partial charge < -0.3 is 5.32 Å². The van der Waals surface area contributed by atoms with Gasteiger partial charge in [-0.25, -0.2) is 4.98 Å². The fourth-order valence-corrected chi connectivity index (χ4v) is 2.22. The lowest BCUT2D eigenvalue weighted by molar-refractivity contribution is 1.14. The van der Waals surface area contributed by atoms with Crippen LogP contribution in [-0.4, -0.2) is 9.36 Å². The summed E-state index contributed by atoms with van der Waals surface area (Å²) in [4.78, 5) is 4.00. The number of anilines is 1. The summed E-state index contributed by atoms with van der Waals surface area (Å²) in [6.07, 6.45) is 1.53. The quantitative estimate of drug-likeness (QED) is 0.883. The lowest BCUT2D eigenvalue weighted by Gasteiger charge is -1.99. The summed E-state index contributed by atoms with van der Waals surface area (Å²) in [7, 11) is 0. The fourth-order valence-electron chi connectivity index (χ4n) is 0.867. The van der Waals surface area contributed by atoms with E-state index in [4.69, 9.17) is 11.6 Å². The van der Waals surface area contributed by atoms with E-state index in [9.17, 15) is 0 Å². The largest absolute Gasteiger partial charge is 0.356 e. The van der Waals surface area contributed by atoms with E-state index < -0.39 is 0 Å². The van der Waals surface area contributed by atoms with Crippen molar-refractivity contribution in [3.63, 3.8) is 0 Å². The third-order valence-corrected chi connectivity index (χ3v) is 3.36. The van der Waals surface area contributed by atoms with Gasteiger partial charge in [-0.15, -0.1) is 11.3 Å². The minimum Gasteiger partial charge on any atom is -0.356 e. The number of hydrogen-bond donors (Lipinski definition) is 1. The molecule has 6 heteroatoms. The molecule has 0 aromatic carbocycles. The maximum absolute atomic E-state index is 5.93. The van der Waals surface area contributed by atoms with Crippen molar-refractivity contribution in [2.45, 2.75) is 6.54 Å². The monoisotopic (exact) mass is 231 g/mol. The van der Waals surface area contributed by atoms with Gasteiger partial charge in [0.25, 0.3) is 0 Å². The maximum Gasteiger partial charge on any atom is 0.202 e. The van der Waals surface area contributed by atoms with E-state index >= 15 is 0 Å². The summed E-state index contributed by atoms with van der Waals surface area (Å²) in [5.74, 6) is 0. The first-order valence-corrected chi connectivity index (χ1v) is 5.62. The summed E-state index contributed by atoms with van der Waals surface area (Å²) in [5, 5.41) is 5.93. The van der Waals surface area contributed by atoms with Crippen LogP contribution in [0.15, 0.2) is 17.8 Å². The highest BCUT2D eigenvalue weighted by Crippen LogP contribution is 2.23. The van der Waals surface area contributed by atoms with Crippen molar-refractivity contribution >= 4 is 39.6 Å². The molecule has 0 saturated carbocycles. The average Bonchev–Trinajstić information content (AvgIpc) is 2.72. The van der Waals surface area contributed by atoms with Crippen LogP contribution in [0.3, 0.4) is 0 Å². The van der Waals surface area contributed by atoms with Crippen LogP contribution in [0.25, 0.3) is 0 Å². The van der Waals surface area contributed by atoms with Crippen LogP contribution in [0, 0.1) is 0 Å². The topological polar surface area (TPSA) is 37.8 Å². The minimum atomic E-state index is 0.706. The van der Waals surface area contributed by atoms with Gasteiger partial charge in [-0.3, -0.25) is 0 Å². The summed E-state index contributed by atoms with van der Waals surface area (Å²) in [6, 6.07) is 2.00. The van der Waals surface area contributed by atoms with Crippen molar-refractivity contribution in [1.29, 1.82) is 0 Å². The molecular weight excluding hydrogens is 226 g/mol. The van der Waals surface area contributed by atoms with Crippen LogP contribution in [0.4, 0.5) is 5.13 Å². The maximum atomic E-state index is 5.93. The van der Waals surface area contributed by atoms with E-state index in [1.54, 1.807) is 0 Å². The second-order valence-electron chi connectivity index (χ2n) is 2.32. The fraction of sp³-hybridized carbons (Fsp3) is 0.143. The van der Waals surface area contributed by atoms with Gasteiger partial charge in [0.15, 0.2) is 0 Å². The Kier molecular flexibility index (Phi) is 2.77. The molecule has 0 saturated heterocycles. The van der Waals surface area contributed by atoms with Gasteiger partial charge in [-0.1, -0.05) is 11.6 Å².